The summed E-state index contributed by atoms with van der Waals surface area (Å²) in [5, 5.41) is 16.0. The summed E-state index contributed by atoms with van der Waals surface area (Å²) < 4.78 is 4.91. The van der Waals surface area contributed by atoms with Gasteiger partial charge >= 0.3 is 0 Å². The summed E-state index contributed by atoms with van der Waals surface area (Å²) in [5.41, 5.74) is -0.904. The maximum absolute atomic E-state index is 11.6. The summed E-state index contributed by atoms with van der Waals surface area (Å²) in [6, 6.07) is 0.491. The normalized spacial score (nSPS) is 19.7. The van der Waals surface area contributed by atoms with E-state index in [2.05, 4.69) is 10.6 Å². The number of nitrogens with one attached hydrogen (secondary N) is 2. The topological polar surface area (TPSA) is 70.6 Å². The fourth-order valence-electron chi connectivity index (χ4n) is 2.13. The molecular formula is C13H26N2O3. The van der Waals surface area contributed by atoms with Crippen LogP contribution in [0.4, 0.5) is 0 Å². The largest absolute Gasteiger partial charge is 0.388 e. The molecule has 1 amide bonds. The van der Waals surface area contributed by atoms with Crippen molar-refractivity contribution in [1.29, 1.82) is 0 Å². The predicted molar refractivity (Wildman–Crippen MR) is 70.4 cm³/mol. The lowest BCUT2D eigenvalue weighted by Crippen LogP contribution is -2.45. The van der Waals surface area contributed by atoms with Crippen molar-refractivity contribution in [2.24, 2.45) is 0 Å². The van der Waals surface area contributed by atoms with Crippen LogP contribution in [-0.4, -0.2) is 49.5 Å². The van der Waals surface area contributed by atoms with Gasteiger partial charge in [0.25, 0.3) is 0 Å². The molecule has 1 rings (SSSR count). The summed E-state index contributed by atoms with van der Waals surface area (Å²) in [6.07, 6.45) is 5.35. The zero-order valence-corrected chi connectivity index (χ0v) is 11.5. The minimum Gasteiger partial charge on any atom is -0.388 e. The van der Waals surface area contributed by atoms with Crippen LogP contribution in [0.25, 0.3) is 0 Å². The second-order valence-electron chi connectivity index (χ2n) is 5.38. The molecule has 0 aromatic heterocycles. The van der Waals surface area contributed by atoms with E-state index in [-0.39, 0.29) is 12.5 Å². The van der Waals surface area contributed by atoms with Gasteiger partial charge in [-0.2, -0.15) is 0 Å². The van der Waals surface area contributed by atoms with Crippen LogP contribution in [0.1, 0.15) is 39.0 Å². The third kappa shape index (κ3) is 6.33. The minimum absolute atomic E-state index is 0.0559. The van der Waals surface area contributed by atoms with Crippen molar-refractivity contribution in [3.63, 3.8) is 0 Å². The van der Waals surface area contributed by atoms with E-state index in [1.54, 1.807) is 14.0 Å². The van der Waals surface area contributed by atoms with E-state index in [1.807, 2.05) is 0 Å². The lowest BCUT2D eigenvalue weighted by Gasteiger charge is -2.23. The van der Waals surface area contributed by atoms with Gasteiger partial charge in [-0.25, -0.2) is 0 Å². The highest BCUT2D eigenvalue weighted by atomic mass is 16.5. The molecule has 0 radical (unpaired) electrons. The Balaban J connectivity index is 2.11. The van der Waals surface area contributed by atoms with Gasteiger partial charge in [-0.15, -0.1) is 0 Å². The molecule has 1 saturated carbocycles. The third-order valence-corrected chi connectivity index (χ3v) is 3.42. The van der Waals surface area contributed by atoms with Gasteiger partial charge in [-0.1, -0.05) is 12.8 Å². The fraction of sp³-hybridized carbons (Fsp3) is 0.923. The number of methoxy groups -OCH3 is 1. The van der Waals surface area contributed by atoms with Crippen LogP contribution in [0.15, 0.2) is 0 Å². The molecule has 0 saturated heterocycles. The van der Waals surface area contributed by atoms with Crippen molar-refractivity contribution in [1.82, 2.24) is 10.6 Å². The predicted octanol–water partition coefficient (Wildman–Crippen LogP) is 0.422. The molecule has 1 fully saturated rings. The van der Waals surface area contributed by atoms with Crippen molar-refractivity contribution in [2.75, 3.05) is 26.8 Å². The summed E-state index contributed by atoms with van der Waals surface area (Å²) in [5.74, 6) is -0.0559. The molecule has 0 aromatic rings. The number of hydrogen-bond acceptors (Lipinski definition) is 4. The van der Waals surface area contributed by atoms with E-state index in [9.17, 15) is 9.90 Å². The van der Waals surface area contributed by atoms with Gasteiger partial charge in [0.05, 0.1) is 12.1 Å². The molecule has 5 heteroatoms. The standard InChI is InChI=1S/C13H26N2O3/c1-13(17,7-8-18-2)10-15-12(16)9-14-11-5-3-4-6-11/h11,14,17H,3-10H2,1-2H3,(H,15,16). The van der Waals surface area contributed by atoms with Gasteiger partial charge in [0, 0.05) is 32.7 Å². The quantitative estimate of drug-likeness (QED) is 0.590. The molecule has 0 heterocycles. The first-order chi connectivity index (χ1) is 8.53. The number of carbonyl (C=O) groups is 1. The summed E-state index contributed by atoms with van der Waals surface area (Å²) in [4.78, 5) is 11.6. The zero-order valence-electron chi connectivity index (χ0n) is 11.5. The van der Waals surface area contributed by atoms with E-state index in [1.165, 1.54) is 25.7 Å². The summed E-state index contributed by atoms with van der Waals surface area (Å²) in [6.45, 7) is 2.80. The van der Waals surface area contributed by atoms with E-state index < -0.39 is 5.60 Å². The molecule has 1 aliphatic carbocycles. The van der Waals surface area contributed by atoms with Crippen LogP contribution < -0.4 is 10.6 Å². The molecule has 18 heavy (non-hydrogen) atoms. The van der Waals surface area contributed by atoms with Crippen molar-refractivity contribution in [3.8, 4) is 0 Å². The molecule has 3 N–H and O–H groups in total. The Labute approximate surface area is 109 Å². The lowest BCUT2D eigenvalue weighted by molar-refractivity contribution is -0.121. The first kappa shape index (κ1) is 15.4. The Kier molecular flexibility index (Phi) is 6.60. The van der Waals surface area contributed by atoms with Crippen molar-refractivity contribution < 1.29 is 14.6 Å². The van der Waals surface area contributed by atoms with Crippen LogP contribution in [0, 0.1) is 0 Å². The molecule has 0 spiro atoms. The SMILES string of the molecule is COCCC(C)(O)CNC(=O)CNC1CCCC1. The summed E-state index contributed by atoms with van der Waals surface area (Å²) in [7, 11) is 1.60. The monoisotopic (exact) mass is 258 g/mol. The second-order valence-corrected chi connectivity index (χ2v) is 5.38. The van der Waals surface area contributed by atoms with Crippen molar-refractivity contribution in [3.05, 3.63) is 0 Å². The van der Waals surface area contributed by atoms with Crippen LogP contribution in [-0.2, 0) is 9.53 Å². The molecule has 106 valence electrons. The van der Waals surface area contributed by atoms with Crippen LogP contribution in [0.3, 0.4) is 0 Å². The average molecular weight is 258 g/mol. The molecule has 1 atom stereocenters. The Hall–Kier alpha value is -0.650. The number of ether oxygens (including phenoxy) is 1. The Bertz CT molecular complexity index is 251. The summed E-state index contributed by atoms with van der Waals surface area (Å²) >= 11 is 0. The fourth-order valence-corrected chi connectivity index (χ4v) is 2.13. The van der Waals surface area contributed by atoms with Crippen molar-refractivity contribution >= 4 is 5.91 Å². The molecule has 5 nitrogen and oxygen atoms in total. The Morgan fingerprint density at radius 3 is 2.72 bits per heavy atom. The van der Waals surface area contributed by atoms with E-state index in [0.717, 1.165) is 0 Å². The third-order valence-electron chi connectivity index (χ3n) is 3.42. The maximum atomic E-state index is 11.6. The number of carbonyl (C=O) groups excluding carboxylic acids is 1. The van der Waals surface area contributed by atoms with Gasteiger partial charge in [0.15, 0.2) is 0 Å². The van der Waals surface area contributed by atoms with Crippen LogP contribution in [0.2, 0.25) is 0 Å². The zero-order chi connectivity index (χ0) is 13.4. The Morgan fingerprint density at radius 2 is 2.11 bits per heavy atom. The Morgan fingerprint density at radius 1 is 1.44 bits per heavy atom. The molecule has 1 aliphatic rings. The highest BCUT2D eigenvalue weighted by Crippen LogP contribution is 2.17. The number of aliphatic hydroxyl groups is 1. The first-order valence-corrected chi connectivity index (χ1v) is 6.75. The molecule has 1 unspecified atom stereocenters. The van der Waals surface area contributed by atoms with Crippen molar-refractivity contribution in [2.45, 2.75) is 50.7 Å². The van der Waals surface area contributed by atoms with E-state index >= 15 is 0 Å². The molecule has 0 aliphatic heterocycles. The van der Waals surface area contributed by atoms with Crippen LogP contribution >= 0.6 is 0 Å². The minimum atomic E-state index is -0.904. The highest BCUT2D eigenvalue weighted by Gasteiger charge is 2.21. The molecule has 0 bridgehead atoms. The molecular weight excluding hydrogens is 232 g/mol. The van der Waals surface area contributed by atoms with E-state index in [4.69, 9.17) is 4.74 Å². The number of rotatable bonds is 8. The smallest absolute Gasteiger partial charge is 0.234 e. The second kappa shape index (κ2) is 7.71. The number of amides is 1. The molecule has 0 aromatic carbocycles. The number of hydrogen-bond donors (Lipinski definition) is 3. The van der Waals surface area contributed by atoms with Gasteiger partial charge in [0.2, 0.25) is 5.91 Å². The highest BCUT2D eigenvalue weighted by molar-refractivity contribution is 5.78. The lowest BCUT2D eigenvalue weighted by atomic mass is 10.0. The van der Waals surface area contributed by atoms with Gasteiger partial charge < -0.3 is 20.5 Å². The van der Waals surface area contributed by atoms with Gasteiger partial charge in [0.1, 0.15) is 0 Å². The average Bonchev–Trinajstić information content (AvgIpc) is 2.84. The first-order valence-electron chi connectivity index (χ1n) is 6.75. The van der Waals surface area contributed by atoms with Gasteiger partial charge in [-0.3, -0.25) is 4.79 Å². The maximum Gasteiger partial charge on any atom is 0.234 e. The van der Waals surface area contributed by atoms with E-state index in [0.29, 0.717) is 25.6 Å². The van der Waals surface area contributed by atoms with Gasteiger partial charge in [-0.05, 0) is 19.8 Å². The van der Waals surface area contributed by atoms with Crippen LogP contribution in [0.5, 0.6) is 0 Å².